The van der Waals surface area contributed by atoms with Crippen LogP contribution in [-0.2, 0) is 4.79 Å². The maximum Gasteiger partial charge on any atom is 0.326 e. The summed E-state index contributed by atoms with van der Waals surface area (Å²) >= 11 is 0. The molecule has 0 rings (SSSR count). The number of hydrogen-bond acceptors (Lipinski definition) is 2. The summed E-state index contributed by atoms with van der Waals surface area (Å²) in [7, 11) is 0. The minimum atomic E-state index is -0.988. The highest BCUT2D eigenvalue weighted by Crippen LogP contribution is 1.96. The Hall–Kier alpha value is -1.26. The standard InChI is InChI=1S/C10H20N2O3/c1-4-7-12(6-3)10(15)11-8(5-2)9(13)14/h8H,4-7H2,1-3H3,(H,11,15)(H,13,14). The van der Waals surface area contributed by atoms with Crippen molar-refractivity contribution in [3.05, 3.63) is 0 Å². The Bertz CT molecular complexity index is 219. The van der Waals surface area contributed by atoms with E-state index < -0.39 is 12.0 Å². The van der Waals surface area contributed by atoms with Gasteiger partial charge in [0.15, 0.2) is 0 Å². The van der Waals surface area contributed by atoms with Crippen LogP contribution in [0.15, 0.2) is 0 Å². The lowest BCUT2D eigenvalue weighted by Gasteiger charge is -2.22. The molecule has 0 aromatic heterocycles. The van der Waals surface area contributed by atoms with Crippen LogP contribution in [-0.4, -0.2) is 41.1 Å². The molecule has 2 N–H and O–H groups in total. The molecule has 0 aliphatic carbocycles. The Balaban J connectivity index is 4.24. The number of carboxylic acids is 1. The van der Waals surface area contributed by atoms with Crippen molar-refractivity contribution in [1.82, 2.24) is 10.2 Å². The van der Waals surface area contributed by atoms with Gasteiger partial charge in [-0.3, -0.25) is 0 Å². The average Bonchev–Trinajstić information content (AvgIpc) is 2.21. The lowest BCUT2D eigenvalue weighted by molar-refractivity contribution is -0.139. The van der Waals surface area contributed by atoms with E-state index >= 15 is 0 Å². The molecule has 0 spiro atoms. The van der Waals surface area contributed by atoms with Gasteiger partial charge in [0.05, 0.1) is 0 Å². The molecule has 1 unspecified atom stereocenters. The fourth-order valence-corrected chi connectivity index (χ4v) is 1.25. The molecule has 0 aliphatic heterocycles. The van der Waals surface area contributed by atoms with E-state index in [0.717, 1.165) is 6.42 Å². The highest BCUT2D eigenvalue weighted by Gasteiger charge is 2.20. The molecule has 5 heteroatoms. The molecular weight excluding hydrogens is 196 g/mol. The van der Waals surface area contributed by atoms with Crippen LogP contribution >= 0.6 is 0 Å². The van der Waals surface area contributed by atoms with Gasteiger partial charge in [0.25, 0.3) is 0 Å². The van der Waals surface area contributed by atoms with E-state index in [9.17, 15) is 9.59 Å². The van der Waals surface area contributed by atoms with Crippen molar-refractivity contribution in [1.29, 1.82) is 0 Å². The van der Waals surface area contributed by atoms with E-state index in [-0.39, 0.29) is 6.03 Å². The fourth-order valence-electron chi connectivity index (χ4n) is 1.25. The summed E-state index contributed by atoms with van der Waals surface area (Å²) in [5.74, 6) is -0.988. The second-order valence-electron chi connectivity index (χ2n) is 3.33. The summed E-state index contributed by atoms with van der Waals surface area (Å²) in [4.78, 5) is 23.9. The van der Waals surface area contributed by atoms with Gasteiger partial charge in [-0.1, -0.05) is 13.8 Å². The topological polar surface area (TPSA) is 69.6 Å². The number of rotatable bonds is 6. The second kappa shape index (κ2) is 7.09. The van der Waals surface area contributed by atoms with Gasteiger partial charge in [0.1, 0.15) is 6.04 Å². The molecule has 0 saturated heterocycles. The Morgan fingerprint density at radius 2 is 1.93 bits per heavy atom. The molecule has 88 valence electrons. The molecule has 0 heterocycles. The van der Waals surface area contributed by atoms with Crippen LogP contribution in [0.1, 0.15) is 33.6 Å². The number of carboxylic acid groups (broad SMARTS) is 1. The second-order valence-corrected chi connectivity index (χ2v) is 3.33. The monoisotopic (exact) mass is 216 g/mol. The van der Waals surface area contributed by atoms with Gasteiger partial charge >= 0.3 is 12.0 Å². The third-order valence-corrected chi connectivity index (χ3v) is 2.17. The number of hydrogen-bond donors (Lipinski definition) is 2. The van der Waals surface area contributed by atoms with Crippen LogP contribution in [0.3, 0.4) is 0 Å². The van der Waals surface area contributed by atoms with Crippen LogP contribution in [0.4, 0.5) is 4.79 Å². The van der Waals surface area contributed by atoms with Gasteiger partial charge in [-0.25, -0.2) is 9.59 Å². The molecule has 0 fully saturated rings. The molecular formula is C10H20N2O3. The van der Waals surface area contributed by atoms with Crippen LogP contribution in [0, 0.1) is 0 Å². The van der Waals surface area contributed by atoms with Gasteiger partial charge in [0, 0.05) is 13.1 Å². The maximum atomic E-state index is 11.6. The van der Waals surface area contributed by atoms with Gasteiger partial charge in [0.2, 0.25) is 0 Å². The summed E-state index contributed by atoms with van der Waals surface area (Å²) < 4.78 is 0. The molecule has 0 saturated carbocycles. The first-order chi connectivity index (χ1) is 7.06. The number of urea groups is 1. The molecule has 2 amide bonds. The Morgan fingerprint density at radius 3 is 2.27 bits per heavy atom. The zero-order valence-corrected chi connectivity index (χ0v) is 9.62. The van der Waals surface area contributed by atoms with Crippen LogP contribution in [0.25, 0.3) is 0 Å². The molecule has 5 nitrogen and oxygen atoms in total. The van der Waals surface area contributed by atoms with E-state index in [1.54, 1.807) is 11.8 Å². The van der Waals surface area contributed by atoms with Crippen molar-refractivity contribution in [2.75, 3.05) is 13.1 Å². The summed E-state index contributed by atoms with van der Waals surface area (Å²) in [6.45, 7) is 6.82. The Morgan fingerprint density at radius 1 is 1.33 bits per heavy atom. The van der Waals surface area contributed by atoms with Crippen molar-refractivity contribution >= 4 is 12.0 Å². The number of carbonyl (C=O) groups is 2. The predicted molar refractivity (Wildman–Crippen MR) is 57.8 cm³/mol. The van der Waals surface area contributed by atoms with Crippen molar-refractivity contribution < 1.29 is 14.7 Å². The number of amides is 2. The average molecular weight is 216 g/mol. The van der Waals surface area contributed by atoms with E-state index in [2.05, 4.69) is 5.32 Å². The molecule has 0 aromatic rings. The quantitative estimate of drug-likeness (QED) is 0.703. The summed E-state index contributed by atoms with van der Waals surface area (Å²) in [5.41, 5.74) is 0. The third kappa shape index (κ3) is 4.67. The Labute approximate surface area is 90.5 Å². The van der Waals surface area contributed by atoms with Gasteiger partial charge in [-0.2, -0.15) is 0 Å². The minimum Gasteiger partial charge on any atom is -0.480 e. The number of nitrogens with zero attached hydrogens (tertiary/aromatic N) is 1. The van der Waals surface area contributed by atoms with Crippen LogP contribution in [0.2, 0.25) is 0 Å². The van der Waals surface area contributed by atoms with Gasteiger partial charge < -0.3 is 15.3 Å². The van der Waals surface area contributed by atoms with E-state index in [4.69, 9.17) is 5.11 Å². The number of carbonyl (C=O) groups excluding carboxylic acids is 1. The number of aliphatic carboxylic acids is 1. The maximum absolute atomic E-state index is 11.6. The zero-order valence-electron chi connectivity index (χ0n) is 9.62. The fraction of sp³-hybridized carbons (Fsp3) is 0.800. The predicted octanol–water partition coefficient (Wildman–Crippen LogP) is 1.29. The number of nitrogens with one attached hydrogen (secondary N) is 1. The molecule has 0 bridgehead atoms. The lowest BCUT2D eigenvalue weighted by Crippen LogP contribution is -2.47. The van der Waals surface area contributed by atoms with Crippen LogP contribution in [0.5, 0.6) is 0 Å². The van der Waals surface area contributed by atoms with E-state index in [1.807, 2.05) is 13.8 Å². The summed E-state index contributed by atoms with van der Waals surface area (Å²) in [6, 6.07) is -1.09. The van der Waals surface area contributed by atoms with E-state index in [1.165, 1.54) is 0 Å². The third-order valence-electron chi connectivity index (χ3n) is 2.17. The first-order valence-corrected chi connectivity index (χ1v) is 5.34. The molecule has 1 atom stereocenters. The van der Waals surface area contributed by atoms with Crippen molar-refractivity contribution in [2.24, 2.45) is 0 Å². The minimum absolute atomic E-state index is 0.298. The first-order valence-electron chi connectivity index (χ1n) is 5.34. The zero-order chi connectivity index (χ0) is 11.8. The SMILES string of the molecule is CCCN(CC)C(=O)NC(CC)C(=O)O. The first kappa shape index (κ1) is 13.7. The highest BCUT2D eigenvalue weighted by molar-refractivity contribution is 5.82. The van der Waals surface area contributed by atoms with E-state index in [0.29, 0.717) is 19.5 Å². The van der Waals surface area contributed by atoms with Gasteiger partial charge in [-0.15, -0.1) is 0 Å². The molecule has 0 aromatic carbocycles. The summed E-state index contributed by atoms with van der Waals surface area (Å²) in [5, 5.41) is 11.3. The Kier molecular flexibility index (Phi) is 6.49. The lowest BCUT2D eigenvalue weighted by atomic mass is 10.2. The summed E-state index contributed by atoms with van der Waals surface area (Å²) in [6.07, 6.45) is 1.26. The smallest absolute Gasteiger partial charge is 0.326 e. The normalized spacial score (nSPS) is 11.9. The van der Waals surface area contributed by atoms with Crippen molar-refractivity contribution in [2.45, 2.75) is 39.7 Å². The van der Waals surface area contributed by atoms with Gasteiger partial charge in [-0.05, 0) is 19.8 Å². The van der Waals surface area contributed by atoms with Crippen molar-refractivity contribution in [3.63, 3.8) is 0 Å². The van der Waals surface area contributed by atoms with Crippen molar-refractivity contribution in [3.8, 4) is 0 Å². The highest BCUT2D eigenvalue weighted by atomic mass is 16.4. The largest absolute Gasteiger partial charge is 0.480 e. The molecule has 15 heavy (non-hydrogen) atoms. The molecule has 0 radical (unpaired) electrons. The van der Waals surface area contributed by atoms with Crippen LogP contribution < -0.4 is 5.32 Å². The molecule has 0 aliphatic rings.